The number of rotatable bonds is 7. The predicted octanol–water partition coefficient (Wildman–Crippen LogP) is 9.39. The molecule has 0 radical (unpaired) electrons. The summed E-state index contributed by atoms with van der Waals surface area (Å²) in [5.41, 5.74) is -2.12. The minimum atomic E-state index is -4.49. The van der Waals surface area contributed by atoms with Crippen molar-refractivity contribution in [1.82, 2.24) is 0 Å². The van der Waals surface area contributed by atoms with Crippen molar-refractivity contribution in [2.45, 2.75) is 57.5 Å². The predicted molar refractivity (Wildman–Crippen MR) is 122 cm³/mol. The topological polar surface area (TPSA) is 9.23 Å². The summed E-state index contributed by atoms with van der Waals surface area (Å²) >= 11 is 0. The van der Waals surface area contributed by atoms with E-state index in [1.54, 1.807) is 0 Å². The number of halogens is 8. The summed E-state index contributed by atoms with van der Waals surface area (Å²) in [7, 11) is 0. The summed E-state index contributed by atoms with van der Waals surface area (Å²) in [6, 6.07) is 5.04. The number of ether oxygens (including phenoxy) is 1. The quantitative estimate of drug-likeness (QED) is 0.219. The van der Waals surface area contributed by atoms with Crippen LogP contribution in [-0.2, 0) is 6.11 Å². The van der Waals surface area contributed by atoms with Gasteiger partial charge in [0, 0.05) is 11.6 Å². The van der Waals surface area contributed by atoms with Crippen molar-refractivity contribution in [1.29, 1.82) is 0 Å². The number of alkyl halides is 2. The van der Waals surface area contributed by atoms with Crippen LogP contribution >= 0.6 is 0 Å². The van der Waals surface area contributed by atoms with Crippen molar-refractivity contribution in [2.24, 2.45) is 5.92 Å². The molecule has 0 saturated heterocycles. The van der Waals surface area contributed by atoms with Gasteiger partial charge in [-0.25, -0.2) is 26.3 Å². The van der Waals surface area contributed by atoms with Crippen molar-refractivity contribution in [3.8, 4) is 16.9 Å². The molecular weight excluding hydrogens is 504 g/mol. The van der Waals surface area contributed by atoms with Gasteiger partial charge in [0.1, 0.15) is 28.8 Å². The van der Waals surface area contributed by atoms with Gasteiger partial charge in [-0.1, -0.05) is 19.8 Å². The highest BCUT2D eigenvalue weighted by atomic mass is 19.3. The Hall–Kier alpha value is -3.10. The molecule has 0 N–H and O–H groups in total. The summed E-state index contributed by atoms with van der Waals surface area (Å²) in [5.74, 6) is -9.43. The largest absolute Gasteiger partial charge is 0.432 e. The molecule has 1 saturated carbocycles. The molecule has 0 amide bonds. The Morgan fingerprint density at radius 1 is 0.757 bits per heavy atom. The molecule has 9 heteroatoms. The van der Waals surface area contributed by atoms with Crippen LogP contribution in [0.15, 0.2) is 42.5 Å². The van der Waals surface area contributed by atoms with Crippen molar-refractivity contribution < 1.29 is 39.9 Å². The van der Waals surface area contributed by atoms with Gasteiger partial charge in [-0.3, -0.25) is 0 Å². The molecule has 0 bridgehead atoms. The second kappa shape index (κ2) is 10.7. The summed E-state index contributed by atoms with van der Waals surface area (Å²) in [4.78, 5) is 0. The lowest BCUT2D eigenvalue weighted by Gasteiger charge is -2.29. The Kier molecular flexibility index (Phi) is 7.80. The van der Waals surface area contributed by atoms with Gasteiger partial charge in [0.05, 0.1) is 0 Å². The van der Waals surface area contributed by atoms with E-state index in [0.29, 0.717) is 42.5 Å². The highest BCUT2D eigenvalue weighted by Crippen LogP contribution is 2.41. The van der Waals surface area contributed by atoms with Crippen LogP contribution in [0.25, 0.3) is 11.1 Å². The molecule has 0 atom stereocenters. The number of benzene rings is 3. The molecule has 198 valence electrons. The normalized spacial score (nSPS) is 18.2. The molecule has 0 spiro atoms. The average Bonchev–Trinajstić information content (AvgIpc) is 2.82. The van der Waals surface area contributed by atoms with E-state index in [-0.39, 0.29) is 11.5 Å². The Labute approximate surface area is 209 Å². The van der Waals surface area contributed by atoms with E-state index in [1.165, 1.54) is 0 Å². The van der Waals surface area contributed by atoms with E-state index >= 15 is 0 Å². The summed E-state index contributed by atoms with van der Waals surface area (Å²) < 4.78 is 118. The molecular formula is C28H24F8O. The standard InChI is InChI=1S/C28H24F8O/c1-2-3-15-4-6-16(7-5-15)17-10-22(30)26(23(31)11-17)28(35,36)37-19-8-9-20(21(29)14-19)18-12-24(32)27(34)25(33)13-18/h8-16H,2-7H2,1H3. The van der Waals surface area contributed by atoms with Crippen LogP contribution in [0.5, 0.6) is 5.75 Å². The van der Waals surface area contributed by atoms with Gasteiger partial charge >= 0.3 is 6.11 Å². The molecule has 0 aromatic heterocycles. The van der Waals surface area contributed by atoms with Crippen LogP contribution in [0, 0.1) is 40.8 Å². The van der Waals surface area contributed by atoms with E-state index in [1.807, 2.05) is 0 Å². The molecule has 3 aromatic rings. The molecule has 1 fully saturated rings. The third kappa shape index (κ3) is 5.75. The first-order valence-corrected chi connectivity index (χ1v) is 12.0. The van der Waals surface area contributed by atoms with Crippen LogP contribution in [0.1, 0.15) is 62.5 Å². The van der Waals surface area contributed by atoms with Gasteiger partial charge in [0.2, 0.25) is 0 Å². The SMILES string of the molecule is CCCC1CCC(c2cc(F)c(C(F)(F)Oc3ccc(-c4cc(F)c(F)c(F)c4)c(F)c3)c(F)c2)CC1. The van der Waals surface area contributed by atoms with Crippen molar-refractivity contribution in [2.75, 3.05) is 0 Å². The molecule has 37 heavy (non-hydrogen) atoms. The fourth-order valence-electron chi connectivity index (χ4n) is 5.00. The molecule has 0 heterocycles. The van der Waals surface area contributed by atoms with E-state index in [2.05, 4.69) is 11.7 Å². The van der Waals surface area contributed by atoms with E-state index in [4.69, 9.17) is 0 Å². The van der Waals surface area contributed by atoms with E-state index in [9.17, 15) is 35.1 Å². The highest BCUT2D eigenvalue weighted by Gasteiger charge is 2.41. The van der Waals surface area contributed by atoms with Crippen LogP contribution in [0.2, 0.25) is 0 Å². The Morgan fingerprint density at radius 3 is 1.89 bits per heavy atom. The lowest BCUT2D eigenvalue weighted by atomic mass is 9.77. The minimum Gasteiger partial charge on any atom is -0.429 e. The maximum absolute atomic E-state index is 14.8. The lowest BCUT2D eigenvalue weighted by Crippen LogP contribution is -2.25. The second-order valence-corrected chi connectivity index (χ2v) is 9.38. The first-order chi connectivity index (χ1) is 17.5. The molecule has 1 aliphatic rings. The number of hydrogen-bond acceptors (Lipinski definition) is 1. The first kappa shape index (κ1) is 26.9. The van der Waals surface area contributed by atoms with E-state index in [0.717, 1.165) is 49.9 Å². The Morgan fingerprint density at radius 2 is 1.35 bits per heavy atom. The average molecular weight is 528 g/mol. The van der Waals surface area contributed by atoms with Crippen molar-refractivity contribution in [3.05, 3.63) is 88.5 Å². The molecule has 1 nitrogen and oxygen atoms in total. The smallest absolute Gasteiger partial charge is 0.429 e. The van der Waals surface area contributed by atoms with Crippen LogP contribution in [0.3, 0.4) is 0 Å². The van der Waals surface area contributed by atoms with Gasteiger partial charge in [0.25, 0.3) is 0 Å². The van der Waals surface area contributed by atoms with Gasteiger partial charge in [-0.05, 0) is 85.0 Å². The van der Waals surface area contributed by atoms with Crippen LogP contribution < -0.4 is 4.74 Å². The van der Waals surface area contributed by atoms with Crippen molar-refractivity contribution >= 4 is 0 Å². The van der Waals surface area contributed by atoms with E-state index < -0.39 is 57.9 Å². The molecule has 0 aliphatic heterocycles. The summed E-state index contributed by atoms with van der Waals surface area (Å²) in [5, 5.41) is 0. The van der Waals surface area contributed by atoms with Crippen LogP contribution in [0.4, 0.5) is 35.1 Å². The zero-order valence-corrected chi connectivity index (χ0v) is 19.9. The fourth-order valence-corrected chi connectivity index (χ4v) is 5.00. The minimum absolute atomic E-state index is 0.136. The van der Waals surface area contributed by atoms with Crippen LogP contribution in [-0.4, -0.2) is 0 Å². The monoisotopic (exact) mass is 528 g/mol. The Bertz CT molecular complexity index is 1240. The highest BCUT2D eigenvalue weighted by molar-refractivity contribution is 5.65. The number of hydrogen-bond donors (Lipinski definition) is 0. The molecule has 3 aromatic carbocycles. The third-order valence-corrected chi connectivity index (χ3v) is 6.85. The van der Waals surface area contributed by atoms with Gasteiger partial charge in [0.15, 0.2) is 17.5 Å². The maximum Gasteiger partial charge on any atom is 0.432 e. The zero-order valence-electron chi connectivity index (χ0n) is 19.9. The summed E-state index contributed by atoms with van der Waals surface area (Å²) in [6.45, 7) is 2.09. The second-order valence-electron chi connectivity index (χ2n) is 9.38. The summed E-state index contributed by atoms with van der Waals surface area (Å²) in [6.07, 6.45) is 0.874. The third-order valence-electron chi connectivity index (χ3n) is 6.85. The van der Waals surface area contributed by atoms with Gasteiger partial charge in [-0.15, -0.1) is 0 Å². The fraction of sp³-hybridized carbons (Fsp3) is 0.357. The maximum atomic E-state index is 14.8. The Balaban J connectivity index is 1.54. The molecule has 0 unspecified atom stereocenters. The van der Waals surface area contributed by atoms with Gasteiger partial charge in [-0.2, -0.15) is 8.78 Å². The first-order valence-electron chi connectivity index (χ1n) is 12.0. The molecule has 4 rings (SSSR count). The van der Waals surface area contributed by atoms with Gasteiger partial charge < -0.3 is 4.74 Å². The lowest BCUT2D eigenvalue weighted by molar-refractivity contribution is -0.189. The van der Waals surface area contributed by atoms with Crippen molar-refractivity contribution in [3.63, 3.8) is 0 Å². The zero-order chi connectivity index (χ0) is 26.9. The molecule has 1 aliphatic carbocycles.